The Labute approximate surface area is 178 Å². The summed E-state index contributed by atoms with van der Waals surface area (Å²) in [6, 6.07) is 16.7. The first kappa shape index (κ1) is 22.0. The number of piperazine rings is 1. The number of para-hydroxylation sites is 2. The summed E-state index contributed by atoms with van der Waals surface area (Å²) in [6.07, 6.45) is 1.11. The van der Waals surface area contributed by atoms with Crippen molar-refractivity contribution in [2.24, 2.45) is 0 Å². The van der Waals surface area contributed by atoms with E-state index in [0.29, 0.717) is 18.0 Å². The summed E-state index contributed by atoms with van der Waals surface area (Å²) in [6.45, 7) is 6.10. The van der Waals surface area contributed by atoms with Crippen molar-refractivity contribution >= 4 is 11.9 Å². The minimum atomic E-state index is -0.603. The largest absolute Gasteiger partial charge is 0.487 e. The van der Waals surface area contributed by atoms with Gasteiger partial charge < -0.3 is 19.5 Å². The number of nitrogens with zero attached hydrogens (tertiary/aromatic N) is 2. The van der Waals surface area contributed by atoms with E-state index in [1.165, 1.54) is 6.92 Å². The molecule has 0 radical (unpaired) electrons. The summed E-state index contributed by atoms with van der Waals surface area (Å²) in [5.74, 6) is 0.996. The van der Waals surface area contributed by atoms with E-state index in [0.717, 1.165) is 31.7 Å². The predicted octanol–water partition coefficient (Wildman–Crippen LogP) is 2.68. The van der Waals surface area contributed by atoms with E-state index in [4.69, 9.17) is 9.47 Å². The summed E-state index contributed by atoms with van der Waals surface area (Å²) in [7, 11) is 2.11. The quantitative estimate of drug-likeness (QED) is 0.507. The van der Waals surface area contributed by atoms with Gasteiger partial charge in [0.05, 0.1) is 0 Å². The molecule has 1 saturated heterocycles. The highest BCUT2D eigenvalue weighted by Crippen LogP contribution is 2.29. The van der Waals surface area contributed by atoms with E-state index in [9.17, 15) is 9.90 Å². The van der Waals surface area contributed by atoms with E-state index in [1.807, 2.05) is 42.5 Å². The minimum Gasteiger partial charge on any atom is -0.487 e. The van der Waals surface area contributed by atoms with Crippen LogP contribution in [-0.2, 0) is 4.79 Å². The van der Waals surface area contributed by atoms with Crippen LogP contribution in [-0.4, -0.2) is 73.2 Å². The van der Waals surface area contributed by atoms with Crippen molar-refractivity contribution in [1.82, 2.24) is 9.80 Å². The fraction of sp³-hybridized carbons (Fsp3) is 0.375. The molecule has 0 aromatic heterocycles. The molecule has 0 saturated carbocycles. The first-order chi connectivity index (χ1) is 14.5. The summed E-state index contributed by atoms with van der Waals surface area (Å²) < 4.78 is 11.7. The van der Waals surface area contributed by atoms with Gasteiger partial charge >= 0.3 is 0 Å². The number of ether oxygens (including phenoxy) is 2. The third-order valence-corrected chi connectivity index (χ3v) is 5.01. The van der Waals surface area contributed by atoms with Crippen LogP contribution in [0, 0.1) is 0 Å². The molecule has 0 spiro atoms. The number of hydrogen-bond donors (Lipinski definition) is 1. The van der Waals surface area contributed by atoms with Crippen LogP contribution < -0.4 is 9.47 Å². The number of carbonyl (C=O) groups is 1. The third kappa shape index (κ3) is 6.69. The van der Waals surface area contributed by atoms with E-state index < -0.39 is 6.10 Å². The highest BCUT2D eigenvalue weighted by atomic mass is 16.5. The summed E-state index contributed by atoms with van der Waals surface area (Å²) in [4.78, 5) is 16.6. The molecule has 1 heterocycles. The molecular formula is C24H30N2O4. The number of β-amino-alcohol motifs (C(OH)–C–C–N with tert-alkyl or cyclic N) is 1. The lowest BCUT2D eigenvalue weighted by Gasteiger charge is -2.33. The third-order valence-electron chi connectivity index (χ3n) is 5.01. The Morgan fingerprint density at radius 3 is 2.33 bits per heavy atom. The van der Waals surface area contributed by atoms with E-state index in [-0.39, 0.29) is 18.1 Å². The van der Waals surface area contributed by atoms with Crippen molar-refractivity contribution in [2.45, 2.75) is 13.0 Å². The number of aliphatic hydroxyl groups excluding tert-OH is 1. The highest BCUT2D eigenvalue weighted by molar-refractivity contribution is 5.96. The highest BCUT2D eigenvalue weighted by Gasteiger charge is 2.18. The maximum atomic E-state index is 12.1. The second kappa shape index (κ2) is 10.9. The number of carbonyl (C=O) groups excluding carboxylic acids is 1. The standard InChI is InChI=1S/C24H30N2O4/c1-19(27)24(16-20-8-4-3-5-9-20)30-23-11-7-6-10-22(23)29-18-21(28)17-26-14-12-25(2)13-15-26/h3-11,16,21,28H,12-15,17-18H2,1-2H3/b24-16-. The van der Waals surface area contributed by atoms with Crippen LogP contribution in [0.1, 0.15) is 12.5 Å². The van der Waals surface area contributed by atoms with Crippen molar-refractivity contribution in [3.05, 3.63) is 65.9 Å². The Morgan fingerprint density at radius 1 is 1.03 bits per heavy atom. The van der Waals surface area contributed by atoms with Crippen LogP contribution in [0.25, 0.3) is 6.08 Å². The molecule has 1 fully saturated rings. The van der Waals surface area contributed by atoms with Crippen LogP contribution in [0.4, 0.5) is 0 Å². The molecule has 6 heteroatoms. The van der Waals surface area contributed by atoms with Gasteiger partial charge in [-0.05, 0) is 30.8 Å². The van der Waals surface area contributed by atoms with Crippen LogP contribution in [0.5, 0.6) is 11.5 Å². The normalized spacial score (nSPS) is 16.8. The van der Waals surface area contributed by atoms with Crippen LogP contribution >= 0.6 is 0 Å². The van der Waals surface area contributed by atoms with Crippen molar-refractivity contribution in [3.8, 4) is 11.5 Å². The molecular weight excluding hydrogens is 380 g/mol. The average Bonchev–Trinajstić information content (AvgIpc) is 2.75. The van der Waals surface area contributed by atoms with Crippen LogP contribution in [0.2, 0.25) is 0 Å². The second-order valence-electron chi connectivity index (χ2n) is 7.59. The maximum Gasteiger partial charge on any atom is 0.194 e. The number of Topliss-reactive ketones (excluding diaryl/α,β-unsaturated/α-hetero) is 1. The van der Waals surface area contributed by atoms with Gasteiger partial charge in [-0.3, -0.25) is 9.69 Å². The van der Waals surface area contributed by atoms with Crippen LogP contribution in [0.3, 0.4) is 0 Å². The predicted molar refractivity (Wildman–Crippen MR) is 118 cm³/mol. The minimum absolute atomic E-state index is 0.157. The molecule has 1 aliphatic heterocycles. The lowest BCUT2D eigenvalue weighted by Crippen LogP contribution is -2.47. The number of likely N-dealkylation sites (N-methyl/N-ethyl adjacent to an activating group) is 1. The molecule has 2 aromatic rings. The van der Waals surface area contributed by atoms with Crippen LogP contribution in [0.15, 0.2) is 60.4 Å². The van der Waals surface area contributed by atoms with Gasteiger partial charge in [-0.2, -0.15) is 0 Å². The zero-order valence-corrected chi connectivity index (χ0v) is 17.7. The number of rotatable bonds is 9. The van der Waals surface area contributed by atoms with Gasteiger partial charge in [0.15, 0.2) is 23.0 Å². The smallest absolute Gasteiger partial charge is 0.194 e. The molecule has 160 valence electrons. The van der Waals surface area contributed by atoms with Gasteiger partial charge in [-0.15, -0.1) is 0 Å². The van der Waals surface area contributed by atoms with Gasteiger partial charge in [-0.25, -0.2) is 0 Å². The molecule has 1 atom stereocenters. The van der Waals surface area contributed by atoms with Crippen molar-refractivity contribution in [3.63, 3.8) is 0 Å². The number of hydrogen-bond acceptors (Lipinski definition) is 6. The van der Waals surface area contributed by atoms with Gasteiger partial charge in [-0.1, -0.05) is 42.5 Å². The Balaban J connectivity index is 1.62. The van der Waals surface area contributed by atoms with Crippen molar-refractivity contribution in [2.75, 3.05) is 46.4 Å². The van der Waals surface area contributed by atoms with Gasteiger partial charge in [0.2, 0.25) is 0 Å². The zero-order valence-electron chi connectivity index (χ0n) is 17.7. The molecule has 1 aliphatic rings. The first-order valence-electron chi connectivity index (χ1n) is 10.3. The summed E-state index contributed by atoms with van der Waals surface area (Å²) in [5.41, 5.74) is 0.878. The molecule has 1 unspecified atom stereocenters. The Hall–Kier alpha value is -2.67. The zero-order chi connectivity index (χ0) is 21.3. The molecule has 1 N–H and O–H groups in total. The van der Waals surface area contributed by atoms with E-state index in [1.54, 1.807) is 18.2 Å². The molecule has 6 nitrogen and oxygen atoms in total. The Morgan fingerprint density at radius 2 is 1.67 bits per heavy atom. The van der Waals surface area contributed by atoms with Crippen molar-refractivity contribution < 1.29 is 19.4 Å². The molecule has 0 bridgehead atoms. The molecule has 3 rings (SSSR count). The number of ketones is 1. The lowest BCUT2D eigenvalue weighted by molar-refractivity contribution is -0.115. The average molecular weight is 411 g/mol. The summed E-state index contributed by atoms with van der Waals surface area (Å²) >= 11 is 0. The molecule has 2 aromatic carbocycles. The van der Waals surface area contributed by atoms with E-state index in [2.05, 4.69) is 16.8 Å². The first-order valence-corrected chi connectivity index (χ1v) is 10.3. The summed E-state index contributed by atoms with van der Waals surface area (Å²) in [5, 5.41) is 10.4. The molecule has 30 heavy (non-hydrogen) atoms. The van der Waals surface area contributed by atoms with E-state index >= 15 is 0 Å². The van der Waals surface area contributed by atoms with Gasteiger partial charge in [0, 0.05) is 39.6 Å². The SMILES string of the molecule is CC(=O)/C(=C/c1ccccc1)Oc1ccccc1OCC(O)CN1CCN(C)CC1. The fourth-order valence-electron chi connectivity index (χ4n) is 3.24. The van der Waals surface area contributed by atoms with Gasteiger partial charge in [0.25, 0.3) is 0 Å². The van der Waals surface area contributed by atoms with Gasteiger partial charge in [0.1, 0.15) is 12.7 Å². The topological polar surface area (TPSA) is 62.2 Å². The molecule has 0 aliphatic carbocycles. The second-order valence-corrected chi connectivity index (χ2v) is 7.59. The number of allylic oxidation sites excluding steroid dienone is 1. The van der Waals surface area contributed by atoms with Crippen molar-refractivity contribution in [1.29, 1.82) is 0 Å². The maximum absolute atomic E-state index is 12.1. The Kier molecular flexibility index (Phi) is 8.02. The Bertz CT molecular complexity index is 845. The fourth-order valence-corrected chi connectivity index (χ4v) is 3.24. The molecule has 0 amide bonds. The lowest BCUT2D eigenvalue weighted by atomic mass is 10.2. The number of benzene rings is 2. The monoisotopic (exact) mass is 410 g/mol. The number of aliphatic hydroxyl groups is 1.